The summed E-state index contributed by atoms with van der Waals surface area (Å²) in [6.45, 7) is 2.90. The number of carbonyl (C=O) groups is 1. The molecule has 0 spiro atoms. The second-order valence-corrected chi connectivity index (χ2v) is 4.69. The van der Waals surface area contributed by atoms with E-state index in [0.717, 1.165) is 31.8 Å². The molecular weight excluding hydrogens is 176 g/mol. The standard InChI is InChI=1S/C12H20O2/c1-2-14-12-6-4-9-7-11(13)5-3-10(9)8-12/h9-10,12H,2-8H2,1H3. The van der Waals surface area contributed by atoms with Crippen molar-refractivity contribution in [2.45, 2.75) is 51.6 Å². The fourth-order valence-corrected chi connectivity index (χ4v) is 3.03. The van der Waals surface area contributed by atoms with E-state index in [0.29, 0.717) is 17.8 Å². The molecule has 0 N–H and O–H groups in total. The Labute approximate surface area is 86.0 Å². The number of fused-ring (bicyclic) bond motifs is 1. The van der Waals surface area contributed by atoms with Crippen LogP contribution in [0.15, 0.2) is 0 Å². The molecule has 0 aromatic carbocycles. The minimum atomic E-state index is 0.481. The van der Waals surface area contributed by atoms with Gasteiger partial charge in [-0.05, 0) is 44.4 Å². The summed E-state index contributed by atoms with van der Waals surface area (Å²) < 4.78 is 5.67. The maximum Gasteiger partial charge on any atom is 0.133 e. The van der Waals surface area contributed by atoms with Crippen molar-refractivity contribution in [1.29, 1.82) is 0 Å². The molecule has 0 bridgehead atoms. The van der Waals surface area contributed by atoms with Crippen molar-refractivity contribution in [2.75, 3.05) is 6.61 Å². The van der Waals surface area contributed by atoms with Crippen molar-refractivity contribution >= 4 is 5.78 Å². The summed E-state index contributed by atoms with van der Waals surface area (Å²) in [6.07, 6.45) is 6.85. The Hall–Kier alpha value is -0.370. The molecule has 2 aliphatic carbocycles. The fourth-order valence-electron chi connectivity index (χ4n) is 3.03. The zero-order valence-electron chi connectivity index (χ0n) is 9.00. The van der Waals surface area contributed by atoms with Gasteiger partial charge in [-0.15, -0.1) is 0 Å². The molecule has 0 aliphatic heterocycles. The minimum Gasteiger partial charge on any atom is -0.378 e. The van der Waals surface area contributed by atoms with Gasteiger partial charge in [0.25, 0.3) is 0 Å². The highest BCUT2D eigenvalue weighted by Crippen LogP contribution is 2.40. The molecule has 14 heavy (non-hydrogen) atoms. The van der Waals surface area contributed by atoms with Crippen LogP contribution < -0.4 is 0 Å². The summed E-state index contributed by atoms with van der Waals surface area (Å²) >= 11 is 0. The van der Waals surface area contributed by atoms with E-state index >= 15 is 0 Å². The van der Waals surface area contributed by atoms with Gasteiger partial charge in [0.1, 0.15) is 5.78 Å². The molecule has 2 heteroatoms. The van der Waals surface area contributed by atoms with Gasteiger partial charge in [0, 0.05) is 19.4 Å². The first kappa shape index (κ1) is 10.2. The first-order valence-electron chi connectivity index (χ1n) is 5.93. The first-order chi connectivity index (χ1) is 6.79. The van der Waals surface area contributed by atoms with Crippen LogP contribution in [0.5, 0.6) is 0 Å². The van der Waals surface area contributed by atoms with Crippen LogP contribution in [0, 0.1) is 11.8 Å². The molecule has 0 amide bonds. The molecule has 0 aromatic heterocycles. The summed E-state index contributed by atoms with van der Waals surface area (Å²) in [5.41, 5.74) is 0. The van der Waals surface area contributed by atoms with Crippen LogP contribution in [-0.4, -0.2) is 18.5 Å². The molecule has 3 atom stereocenters. The van der Waals surface area contributed by atoms with Crippen molar-refractivity contribution in [3.8, 4) is 0 Å². The molecule has 0 saturated heterocycles. The second-order valence-electron chi connectivity index (χ2n) is 4.69. The Bertz CT molecular complexity index is 212. The summed E-state index contributed by atoms with van der Waals surface area (Å²) in [4.78, 5) is 11.3. The highest BCUT2D eigenvalue weighted by molar-refractivity contribution is 5.79. The maximum absolute atomic E-state index is 11.3. The number of rotatable bonds is 2. The molecule has 2 rings (SSSR count). The third-order valence-electron chi connectivity index (χ3n) is 3.78. The molecule has 0 radical (unpaired) electrons. The average molecular weight is 196 g/mol. The zero-order chi connectivity index (χ0) is 9.97. The lowest BCUT2D eigenvalue weighted by atomic mass is 9.70. The Morgan fingerprint density at radius 3 is 2.93 bits per heavy atom. The van der Waals surface area contributed by atoms with Crippen molar-refractivity contribution < 1.29 is 9.53 Å². The van der Waals surface area contributed by atoms with Crippen molar-refractivity contribution in [3.63, 3.8) is 0 Å². The van der Waals surface area contributed by atoms with E-state index in [1.54, 1.807) is 0 Å². The first-order valence-corrected chi connectivity index (χ1v) is 5.93. The fraction of sp³-hybridized carbons (Fsp3) is 0.917. The van der Waals surface area contributed by atoms with E-state index < -0.39 is 0 Å². The monoisotopic (exact) mass is 196 g/mol. The highest BCUT2D eigenvalue weighted by atomic mass is 16.5. The summed E-state index contributed by atoms with van der Waals surface area (Å²) in [6, 6.07) is 0. The molecule has 2 saturated carbocycles. The van der Waals surface area contributed by atoms with Crippen LogP contribution in [0.4, 0.5) is 0 Å². The van der Waals surface area contributed by atoms with E-state index in [-0.39, 0.29) is 0 Å². The van der Waals surface area contributed by atoms with E-state index in [1.165, 1.54) is 19.3 Å². The third-order valence-corrected chi connectivity index (χ3v) is 3.78. The molecule has 3 unspecified atom stereocenters. The Balaban J connectivity index is 1.88. The van der Waals surface area contributed by atoms with Crippen molar-refractivity contribution in [2.24, 2.45) is 11.8 Å². The summed E-state index contributed by atoms with van der Waals surface area (Å²) in [5, 5.41) is 0. The lowest BCUT2D eigenvalue weighted by Crippen LogP contribution is -2.34. The van der Waals surface area contributed by atoms with Gasteiger partial charge in [-0.2, -0.15) is 0 Å². The number of hydrogen-bond donors (Lipinski definition) is 0. The van der Waals surface area contributed by atoms with E-state index in [2.05, 4.69) is 6.92 Å². The summed E-state index contributed by atoms with van der Waals surface area (Å²) in [5.74, 6) is 1.95. The van der Waals surface area contributed by atoms with Crippen LogP contribution in [0.3, 0.4) is 0 Å². The average Bonchev–Trinajstić information content (AvgIpc) is 2.19. The van der Waals surface area contributed by atoms with Gasteiger partial charge in [0.2, 0.25) is 0 Å². The van der Waals surface area contributed by atoms with E-state index in [9.17, 15) is 4.79 Å². The predicted octanol–water partition coefficient (Wildman–Crippen LogP) is 2.56. The van der Waals surface area contributed by atoms with Gasteiger partial charge in [-0.1, -0.05) is 0 Å². The normalized spacial score (nSPS) is 38.1. The molecular formula is C12H20O2. The molecule has 80 valence electrons. The molecule has 2 aliphatic rings. The van der Waals surface area contributed by atoms with Gasteiger partial charge in [0.15, 0.2) is 0 Å². The van der Waals surface area contributed by atoms with Crippen LogP contribution in [0.1, 0.15) is 45.4 Å². The van der Waals surface area contributed by atoms with Crippen molar-refractivity contribution in [1.82, 2.24) is 0 Å². The van der Waals surface area contributed by atoms with Crippen LogP contribution in [-0.2, 0) is 9.53 Å². The molecule has 0 heterocycles. The van der Waals surface area contributed by atoms with E-state index in [4.69, 9.17) is 4.74 Å². The number of ether oxygens (including phenoxy) is 1. The molecule has 2 nitrogen and oxygen atoms in total. The van der Waals surface area contributed by atoms with Gasteiger partial charge in [-0.25, -0.2) is 0 Å². The zero-order valence-corrected chi connectivity index (χ0v) is 9.00. The van der Waals surface area contributed by atoms with Gasteiger partial charge < -0.3 is 4.74 Å². The highest BCUT2D eigenvalue weighted by Gasteiger charge is 2.34. The predicted molar refractivity (Wildman–Crippen MR) is 55.1 cm³/mol. The Morgan fingerprint density at radius 2 is 2.14 bits per heavy atom. The van der Waals surface area contributed by atoms with E-state index in [1.807, 2.05) is 0 Å². The molecule has 2 fully saturated rings. The Morgan fingerprint density at radius 1 is 1.29 bits per heavy atom. The third kappa shape index (κ3) is 2.17. The van der Waals surface area contributed by atoms with Crippen LogP contribution in [0.2, 0.25) is 0 Å². The van der Waals surface area contributed by atoms with Gasteiger partial charge in [0.05, 0.1) is 6.10 Å². The largest absolute Gasteiger partial charge is 0.378 e. The molecule has 0 aromatic rings. The van der Waals surface area contributed by atoms with Crippen LogP contribution in [0.25, 0.3) is 0 Å². The second kappa shape index (κ2) is 4.43. The quantitative estimate of drug-likeness (QED) is 0.678. The minimum absolute atomic E-state index is 0.481. The number of ketones is 1. The SMILES string of the molecule is CCOC1CCC2CC(=O)CCC2C1. The Kier molecular flexibility index (Phi) is 3.22. The maximum atomic E-state index is 11.3. The number of hydrogen-bond acceptors (Lipinski definition) is 2. The smallest absolute Gasteiger partial charge is 0.133 e. The number of Topliss-reactive ketones (excluding diaryl/α,β-unsaturated/α-hetero) is 1. The lowest BCUT2D eigenvalue weighted by Gasteiger charge is -2.38. The lowest BCUT2D eigenvalue weighted by molar-refractivity contribution is -0.124. The van der Waals surface area contributed by atoms with Crippen molar-refractivity contribution in [3.05, 3.63) is 0 Å². The summed E-state index contributed by atoms with van der Waals surface area (Å²) in [7, 11) is 0. The van der Waals surface area contributed by atoms with Crippen LogP contribution >= 0.6 is 0 Å². The number of carbonyl (C=O) groups excluding carboxylic acids is 1. The topological polar surface area (TPSA) is 26.3 Å². The van der Waals surface area contributed by atoms with Gasteiger partial charge >= 0.3 is 0 Å². The van der Waals surface area contributed by atoms with Gasteiger partial charge in [-0.3, -0.25) is 4.79 Å².